The highest BCUT2D eigenvalue weighted by Crippen LogP contribution is 2.24. The summed E-state index contributed by atoms with van der Waals surface area (Å²) >= 11 is 22.6. The molecule has 0 aliphatic carbocycles. The van der Waals surface area contributed by atoms with Gasteiger partial charge in [0.2, 0.25) is 0 Å². The Hall–Kier alpha value is -1.66. The molecular formula is C15H9Cl3N2O2S. The maximum Gasteiger partial charge on any atom is 0.326 e. The van der Waals surface area contributed by atoms with E-state index in [0.29, 0.717) is 16.3 Å². The molecule has 2 aromatic carbocycles. The number of rotatable bonds is 3. The van der Waals surface area contributed by atoms with E-state index in [1.54, 1.807) is 18.2 Å². The lowest BCUT2D eigenvalue weighted by molar-refractivity contribution is 0.0967. The van der Waals surface area contributed by atoms with Crippen LogP contribution in [0.25, 0.3) is 0 Å². The number of carbonyl (C=O) groups is 2. The zero-order valence-electron chi connectivity index (χ0n) is 11.4. The average Bonchev–Trinajstić information content (AvgIpc) is 2.47. The van der Waals surface area contributed by atoms with E-state index in [9.17, 15) is 9.59 Å². The van der Waals surface area contributed by atoms with Crippen LogP contribution in [0.5, 0.6) is 0 Å². The molecule has 8 heteroatoms. The molecule has 0 aromatic heterocycles. The molecule has 0 unspecified atom stereocenters. The molecule has 0 heterocycles. The molecule has 4 nitrogen and oxygen atoms in total. The zero-order valence-corrected chi connectivity index (χ0v) is 14.5. The standard InChI is InChI=1S/C15H9Cl3N2O2S/c16-10-2-1-3-11(17)13(10)14(21)20-15(22)19-9-5-4-8(7-23)12(18)6-9/h1-7H,(H2,19,20,21,22). The number of amides is 3. The Bertz CT molecular complexity index is 776. The second-order valence-corrected chi connectivity index (χ2v) is 5.82. The van der Waals surface area contributed by atoms with Gasteiger partial charge in [-0.15, -0.1) is 0 Å². The number of imide groups is 1. The number of thiocarbonyl (C=S) groups is 1. The van der Waals surface area contributed by atoms with Gasteiger partial charge in [-0.25, -0.2) is 4.79 Å². The topological polar surface area (TPSA) is 58.2 Å². The van der Waals surface area contributed by atoms with Crippen molar-refractivity contribution >= 4 is 70.0 Å². The maximum atomic E-state index is 12.1. The molecule has 0 bridgehead atoms. The van der Waals surface area contributed by atoms with Crippen molar-refractivity contribution in [2.24, 2.45) is 0 Å². The summed E-state index contributed by atoms with van der Waals surface area (Å²) in [6.07, 6.45) is 0. The van der Waals surface area contributed by atoms with Crippen molar-refractivity contribution in [1.82, 2.24) is 5.32 Å². The van der Waals surface area contributed by atoms with Crippen LogP contribution in [0.3, 0.4) is 0 Å². The third-order valence-corrected chi connectivity index (χ3v) is 4.01. The van der Waals surface area contributed by atoms with Crippen LogP contribution >= 0.6 is 47.0 Å². The molecule has 0 saturated heterocycles. The van der Waals surface area contributed by atoms with Crippen LogP contribution in [0.15, 0.2) is 36.4 Å². The highest BCUT2D eigenvalue weighted by Gasteiger charge is 2.17. The molecule has 2 aromatic rings. The molecule has 3 amide bonds. The summed E-state index contributed by atoms with van der Waals surface area (Å²) in [4.78, 5) is 24.0. The van der Waals surface area contributed by atoms with Crippen LogP contribution in [-0.2, 0) is 0 Å². The molecule has 118 valence electrons. The van der Waals surface area contributed by atoms with Crippen molar-refractivity contribution in [2.45, 2.75) is 0 Å². The van der Waals surface area contributed by atoms with Gasteiger partial charge in [-0.05, 0) is 24.3 Å². The molecule has 23 heavy (non-hydrogen) atoms. The van der Waals surface area contributed by atoms with Crippen molar-refractivity contribution in [2.75, 3.05) is 5.32 Å². The van der Waals surface area contributed by atoms with E-state index in [0.717, 1.165) is 0 Å². The Morgan fingerprint density at radius 3 is 2.22 bits per heavy atom. The molecule has 0 radical (unpaired) electrons. The molecule has 0 aliphatic heterocycles. The maximum absolute atomic E-state index is 12.1. The predicted molar refractivity (Wildman–Crippen MR) is 97.2 cm³/mol. The Morgan fingerprint density at radius 1 is 1.00 bits per heavy atom. The first-order chi connectivity index (χ1) is 10.9. The number of urea groups is 1. The summed E-state index contributed by atoms with van der Waals surface area (Å²) in [7, 11) is 0. The number of hydrogen-bond acceptors (Lipinski definition) is 3. The molecule has 2 N–H and O–H groups in total. The molecule has 0 spiro atoms. The normalized spacial score (nSPS) is 10.0. The minimum absolute atomic E-state index is 0.0278. The summed E-state index contributed by atoms with van der Waals surface area (Å²) in [5.74, 6) is -0.709. The van der Waals surface area contributed by atoms with Gasteiger partial charge in [-0.3, -0.25) is 10.1 Å². The number of halogens is 3. The highest BCUT2D eigenvalue weighted by molar-refractivity contribution is 7.79. The monoisotopic (exact) mass is 386 g/mol. The average molecular weight is 388 g/mol. The Balaban J connectivity index is 2.09. The van der Waals surface area contributed by atoms with Crippen molar-refractivity contribution in [1.29, 1.82) is 0 Å². The van der Waals surface area contributed by atoms with E-state index in [1.807, 2.05) is 0 Å². The summed E-state index contributed by atoms with van der Waals surface area (Å²) in [5.41, 5.74) is 1.10. The lowest BCUT2D eigenvalue weighted by Gasteiger charge is -2.09. The predicted octanol–water partition coefficient (Wildman–Crippen LogP) is 4.96. The smallest absolute Gasteiger partial charge is 0.308 e. The largest absolute Gasteiger partial charge is 0.326 e. The van der Waals surface area contributed by atoms with Crippen LogP contribution in [0.1, 0.15) is 15.9 Å². The molecule has 0 aliphatic rings. The van der Waals surface area contributed by atoms with Gasteiger partial charge in [0, 0.05) is 16.6 Å². The van der Waals surface area contributed by atoms with E-state index < -0.39 is 11.9 Å². The van der Waals surface area contributed by atoms with Crippen molar-refractivity contribution in [3.63, 3.8) is 0 Å². The van der Waals surface area contributed by atoms with E-state index in [1.165, 1.54) is 23.6 Å². The van der Waals surface area contributed by atoms with Gasteiger partial charge in [0.1, 0.15) is 0 Å². The van der Waals surface area contributed by atoms with Crippen molar-refractivity contribution in [3.8, 4) is 0 Å². The first-order valence-electron chi connectivity index (χ1n) is 6.23. The van der Waals surface area contributed by atoms with Gasteiger partial charge in [0.05, 0.1) is 20.6 Å². The molecular weight excluding hydrogens is 379 g/mol. The van der Waals surface area contributed by atoms with Gasteiger partial charge in [0.15, 0.2) is 0 Å². The minimum atomic E-state index is -0.739. The summed E-state index contributed by atoms with van der Waals surface area (Å²) in [5, 5.41) is 6.74. The van der Waals surface area contributed by atoms with Gasteiger partial charge < -0.3 is 5.32 Å². The number of anilines is 1. The van der Waals surface area contributed by atoms with Crippen LogP contribution in [-0.4, -0.2) is 17.3 Å². The fourth-order valence-corrected chi connectivity index (χ4v) is 2.82. The minimum Gasteiger partial charge on any atom is -0.308 e. The van der Waals surface area contributed by atoms with Gasteiger partial charge >= 0.3 is 6.03 Å². The lowest BCUT2D eigenvalue weighted by atomic mass is 10.2. The second-order valence-electron chi connectivity index (χ2n) is 4.36. The number of nitrogens with one attached hydrogen (secondary N) is 2. The number of benzene rings is 2. The molecule has 0 atom stereocenters. The second kappa shape index (κ2) is 7.75. The van der Waals surface area contributed by atoms with E-state index in [2.05, 4.69) is 10.6 Å². The highest BCUT2D eigenvalue weighted by atomic mass is 35.5. The fraction of sp³-hybridized carbons (Fsp3) is 0. The SMILES string of the molecule is O=C(NC(=O)c1c(Cl)cccc1Cl)Nc1ccc(C=S)c(Cl)c1. The Morgan fingerprint density at radius 2 is 1.65 bits per heavy atom. The van der Waals surface area contributed by atoms with Crippen LogP contribution < -0.4 is 10.6 Å². The van der Waals surface area contributed by atoms with E-state index in [4.69, 9.17) is 47.0 Å². The molecule has 0 saturated carbocycles. The van der Waals surface area contributed by atoms with Crippen LogP contribution in [0, 0.1) is 0 Å². The summed E-state index contributed by atoms with van der Waals surface area (Å²) < 4.78 is 0. The first kappa shape index (κ1) is 17.7. The summed E-state index contributed by atoms with van der Waals surface area (Å²) in [6.45, 7) is 0. The van der Waals surface area contributed by atoms with E-state index in [-0.39, 0.29) is 15.6 Å². The summed E-state index contributed by atoms with van der Waals surface area (Å²) in [6, 6.07) is 8.65. The van der Waals surface area contributed by atoms with E-state index >= 15 is 0 Å². The van der Waals surface area contributed by atoms with Gasteiger partial charge in [-0.2, -0.15) is 0 Å². The first-order valence-corrected chi connectivity index (χ1v) is 7.84. The van der Waals surface area contributed by atoms with Crippen LogP contribution in [0.2, 0.25) is 15.1 Å². The lowest BCUT2D eigenvalue weighted by Crippen LogP contribution is -2.34. The fourth-order valence-electron chi connectivity index (χ4n) is 1.74. The van der Waals surface area contributed by atoms with Crippen LogP contribution in [0.4, 0.5) is 10.5 Å². The van der Waals surface area contributed by atoms with Crippen molar-refractivity contribution < 1.29 is 9.59 Å². The zero-order chi connectivity index (χ0) is 17.0. The van der Waals surface area contributed by atoms with Gasteiger partial charge in [0.25, 0.3) is 5.91 Å². The van der Waals surface area contributed by atoms with Gasteiger partial charge in [-0.1, -0.05) is 59.2 Å². The number of hydrogen-bond donors (Lipinski definition) is 2. The number of carbonyl (C=O) groups excluding carboxylic acids is 2. The van der Waals surface area contributed by atoms with Crippen molar-refractivity contribution in [3.05, 3.63) is 62.6 Å². The Labute approximate surface area is 152 Å². The Kier molecular flexibility index (Phi) is 5.96. The molecule has 2 rings (SSSR count). The molecule has 0 fully saturated rings. The quantitative estimate of drug-likeness (QED) is 0.732. The third kappa shape index (κ3) is 4.42. The third-order valence-electron chi connectivity index (χ3n) is 2.80.